The van der Waals surface area contributed by atoms with E-state index in [0.717, 1.165) is 41.1 Å². The van der Waals surface area contributed by atoms with E-state index in [9.17, 15) is 9.59 Å². The van der Waals surface area contributed by atoms with Gasteiger partial charge in [0.25, 0.3) is 5.91 Å². The Morgan fingerprint density at radius 2 is 2.05 bits per heavy atom. The second kappa shape index (κ2) is 10.3. The van der Waals surface area contributed by atoms with Crippen LogP contribution in [0.25, 0.3) is 5.70 Å². The Morgan fingerprint density at radius 3 is 2.81 bits per heavy atom. The first-order valence-electron chi connectivity index (χ1n) is 12.3. The summed E-state index contributed by atoms with van der Waals surface area (Å²) >= 11 is 0. The van der Waals surface area contributed by atoms with Crippen molar-refractivity contribution < 1.29 is 9.59 Å². The van der Waals surface area contributed by atoms with Crippen LogP contribution in [0.3, 0.4) is 0 Å². The largest absolute Gasteiger partial charge is 0.337 e. The Morgan fingerprint density at radius 1 is 1.24 bits per heavy atom. The zero-order chi connectivity index (χ0) is 25.9. The number of likely N-dealkylation sites (tertiary alicyclic amines) is 1. The molecule has 190 valence electrons. The van der Waals surface area contributed by atoms with Crippen molar-refractivity contribution in [1.29, 1.82) is 0 Å². The molecule has 0 aliphatic carbocycles. The molecule has 1 fully saturated rings. The minimum absolute atomic E-state index is 0.0303. The third-order valence-electron chi connectivity index (χ3n) is 6.55. The van der Waals surface area contributed by atoms with Gasteiger partial charge in [-0.2, -0.15) is 0 Å². The number of nitrogens with two attached hydrogens (primary N) is 1. The highest BCUT2D eigenvalue weighted by atomic mass is 16.2. The van der Waals surface area contributed by atoms with E-state index in [2.05, 4.69) is 20.7 Å². The van der Waals surface area contributed by atoms with Crippen LogP contribution in [-0.2, 0) is 4.79 Å². The number of allylic oxidation sites excluding steroid dienone is 1. The van der Waals surface area contributed by atoms with Crippen molar-refractivity contribution in [3.8, 4) is 0 Å². The van der Waals surface area contributed by atoms with Crippen molar-refractivity contribution in [3.05, 3.63) is 89.0 Å². The number of rotatable bonds is 6. The lowest BCUT2D eigenvalue weighted by molar-refractivity contribution is -0.125. The van der Waals surface area contributed by atoms with Gasteiger partial charge < -0.3 is 10.2 Å². The van der Waals surface area contributed by atoms with Crippen LogP contribution in [0.1, 0.15) is 41.3 Å². The summed E-state index contributed by atoms with van der Waals surface area (Å²) in [6.07, 6.45) is 10.2. The number of carbonyl (C=O) groups excluding carboxylic acids is 2. The Kier molecular flexibility index (Phi) is 6.74. The normalized spacial score (nSPS) is 18.8. The zero-order valence-electron chi connectivity index (χ0n) is 20.9. The summed E-state index contributed by atoms with van der Waals surface area (Å²) in [5.41, 5.74) is 8.34. The van der Waals surface area contributed by atoms with Crippen molar-refractivity contribution in [2.45, 2.75) is 32.7 Å². The van der Waals surface area contributed by atoms with Crippen LogP contribution >= 0.6 is 0 Å². The topological polar surface area (TPSA) is 119 Å². The van der Waals surface area contributed by atoms with E-state index >= 15 is 0 Å². The summed E-state index contributed by atoms with van der Waals surface area (Å²) < 4.78 is 0. The zero-order valence-corrected chi connectivity index (χ0v) is 20.9. The van der Waals surface area contributed by atoms with Gasteiger partial charge in [-0.05, 0) is 55.7 Å². The molecule has 1 aromatic carbocycles. The Hall–Kier alpha value is -4.44. The van der Waals surface area contributed by atoms with Crippen LogP contribution in [-0.4, -0.2) is 57.2 Å². The van der Waals surface area contributed by atoms with E-state index < -0.39 is 0 Å². The first-order valence-corrected chi connectivity index (χ1v) is 12.3. The number of anilines is 1. The molecule has 2 amide bonds. The molecule has 5 rings (SSSR count). The van der Waals surface area contributed by atoms with Gasteiger partial charge in [0.15, 0.2) is 0 Å². The number of pyridine rings is 1. The molecule has 2 aromatic rings. The highest BCUT2D eigenvalue weighted by Crippen LogP contribution is 2.36. The Balaban J connectivity index is 1.34. The van der Waals surface area contributed by atoms with Gasteiger partial charge in [-0.15, -0.1) is 0 Å². The average Bonchev–Trinajstić information content (AvgIpc) is 3.53. The molecule has 0 saturated carbocycles. The van der Waals surface area contributed by atoms with Gasteiger partial charge in [0.1, 0.15) is 23.6 Å². The third kappa shape index (κ3) is 4.96. The molecule has 1 atom stereocenters. The van der Waals surface area contributed by atoms with Gasteiger partial charge in [0, 0.05) is 30.4 Å². The van der Waals surface area contributed by atoms with Gasteiger partial charge >= 0.3 is 0 Å². The van der Waals surface area contributed by atoms with Crippen molar-refractivity contribution in [3.63, 3.8) is 0 Å². The van der Waals surface area contributed by atoms with Crippen molar-refractivity contribution >= 4 is 29.7 Å². The van der Waals surface area contributed by atoms with Crippen LogP contribution in [0, 0.1) is 6.92 Å². The average molecular weight is 499 g/mol. The van der Waals surface area contributed by atoms with Gasteiger partial charge in [0.2, 0.25) is 5.91 Å². The summed E-state index contributed by atoms with van der Waals surface area (Å²) in [4.78, 5) is 35.6. The van der Waals surface area contributed by atoms with E-state index in [4.69, 9.17) is 5.84 Å². The maximum atomic E-state index is 12.7. The third-order valence-corrected chi connectivity index (χ3v) is 6.55. The number of benzene rings is 1. The van der Waals surface area contributed by atoms with Crippen molar-refractivity contribution in [2.75, 3.05) is 18.4 Å². The molecular weight excluding hydrogens is 468 g/mol. The number of amides is 2. The summed E-state index contributed by atoms with van der Waals surface area (Å²) in [6.45, 7) is 5.23. The Labute approximate surface area is 215 Å². The fourth-order valence-corrected chi connectivity index (χ4v) is 4.64. The van der Waals surface area contributed by atoms with Crippen LogP contribution in [0.15, 0.2) is 77.3 Å². The van der Waals surface area contributed by atoms with Crippen molar-refractivity contribution in [1.82, 2.24) is 25.3 Å². The van der Waals surface area contributed by atoms with E-state index in [0.29, 0.717) is 24.5 Å². The lowest BCUT2D eigenvalue weighted by Crippen LogP contribution is -2.43. The smallest absolute Gasteiger partial charge is 0.256 e. The molecule has 0 radical (unpaired) electrons. The number of aliphatic imine (C=N–C) groups is 1. The number of hydrogen-bond donors (Lipinski definition) is 3. The molecule has 0 spiro atoms. The molecule has 0 bridgehead atoms. The number of fused-ring (bicyclic) bond motifs is 1. The maximum Gasteiger partial charge on any atom is 0.256 e. The first kappa shape index (κ1) is 24.3. The van der Waals surface area contributed by atoms with E-state index in [1.807, 2.05) is 54.1 Å². The molecule has 37 heavy (non-hydrogen) atoms. The standard InChI is InChI=1S/C27H30N8O2/c1-3-4-5-24(36)33-13-11-21(16-33)35-22-15-29-17-34(28)26(22)25(32-35)19-6-8-20(9-7-19)27(37)31-23-14-18(2)10-12-30-23/h4-10,12,14-15,17,21,32H,3,11,13,16,28H2,1-2H3,(H,30,31,37)/b5-4+/t21-/m1/s1. The lowest BCUT2D eigenvalue weighted by atomic mass is 10.1. The van der Waals surface area contributed by atoms with Gasteiger partial charge in [-0.1, -0.05) is 25.1 Å². The van der Waals surface area contributed by atoms with Gasteiger partial charge in [-0.25, -0.2) is 15.8 Å². The molecule has 0 unspecified atom stereocenters. The Bertz CT molecular complexity index is 1330. The number of aryl methyl sites for hydroxylation is 1. The number of nitrogens with one attached hydrogen (secondary N) is 2. The SMILES string of the molecule is CC/C=C/C(=O)N1CC[C@@H](N2NC(c3ccc(C(=O)Nc4cc(C)ccn4)cc3)=C3C2=CN=CN3N)C1. The predicted molar refractivity (Wildman–Crippen MR) is 142 cm³/mol. The molecule has 10 heteroatoms. The molecule has 1 aromatic heterocycles. The van der Waals surface area contributed by atoms with Crippen LogP contribution in [0.5, 0.6) is 0 Å². The number of carbonyl (C=O) groups is 2. The number of aromatic nitrogens is 1. The number of nitrogens with zero attached hydrogens (tertiary/aromatic N) is 5. The molecule has 3 aliphatic rings. The number of hydrogen-bond acceptors (Lipinski definition) is 8. The summed E-state index contributed by atoms with van der Waals surface area (Å²) in [6, 6.07) is 11.1. The van der Waals surface area contributed by atoms with Gasteiger partial charge in [-0.3, -0.25) is 25.0 Å². The molecule has 1 saturated heterocycles. The molecule has 4 heterocycles. The maximum absolute atomic E-state index is 12.7. The van der Waals surface area contributed by atoms with Gasteiger partial charge in [0.05, 0.1) is 17.9 Å². The minimum Gasteiger partial charge on any atom is -0.337 e. The lowest BCUT2D eigenvalue weighted by Gasteiger charge is -2.30. The van der Waals surface area contributed by atoms with E-state index in [-0.39, 0.29) is 17.9 Å². The molecular formula is C27H30N8O2. The van der Waals surface area contributed by atoms with Crippen molar-refractivity contribution in [2.24, 2.45) is 10.8 Å². The second-order valence-corrected chi connectivity index (χ2v) is 9.18. The first-order chi connectivity index (χ1) is 17.9. The van der Waals surface area contributed by atoms with Crippen LogP contribution in [0.2, 0.25) is 0 Å². The number of hydrazine groups is 2. The highest BCUT2D eigenvalue weighted by Gasteiger charge is 2.39. The van der Waals surface area contributed by atoms with E-state index in [1.165, 1.54) is 5.01 Å². The predicted octanol–water partition coefficient (Wildman–Crippen LogP) is 2.76. The van der Waals surface area contributed by atoms with Crippen LogP contribution in [0.4, 0.5) is 5.82 Å². The fourth-order valence-electron chi connectivity index (χ4n) is 4.64. The monoisotopic (exact) mass is 498 g/mol. The minimum atomic E-state index is -0.234. The quantitative estimate of drug-likeness (QED) is 0.414. The fraction of sp³-hybridized carbons (Fsp3) is 0.259. The van der Waals surface area contributed by atoms with E-state index in [1.54, 1.807) is 36.9 Å². The molecule has 3 aliphatic heterocycles. The molecule has 10 nitrogen and oxygen atoms in total. The van der Waals surface area contributed by atoms with Crippen LogP contribution < -0.4 is 16.6 Å². The summed E-state index contributed by atoms with van der Waals surface area (Å²) in [5.74, 6) is 6.60. The molecule has 4 N–H and O–H groups in total. The highest BCUT2D eigenvalue weighted by molar-refractivity contribution is 6.04. The second-order valence-electron chi connectivity index (χ2n) is 9.18. The summed E-state index contributed by atoms with van der Waals surface area (Å²) in [7, 11) is 0. The summed E-state index contributed by atoms with van der Waals surface area (Å²) in [5, 5.41) is 6.37.